The van der Waals surface area contributed by atoms with Crippen LogP contribution in [0.4, 0.5) is 5.69 Å². The van der Waals surface area contributed by atoms with Gasteiger partial charge < -0.3 is 9.88 Å². The number of likely N-dealkylation sites (N-methyl/N-ethyl adjacent to an activating group) is 1. The van der Waals surface area contributed by atoms with Crippen LogP contribution in [0.1, 0.15) is 24.2 Å². The predicted molar refractivity (Wildman–Crippen MR) is 130 cm³/mol. The van der Waals surface area contributed by atoms with E-state index in [0.717, 1.165) is 32.7 Å². The summed E-state index contributed by atoms with van der Waals surface area (Å²) in [5.74, 6) is -0.592. The van der Waals surface area contributed by atoms with Crippen molar-refractivity contribution in [2.24, 2.45) is 0 Å². The number of nitrogens with zero attached hydrogens (tertiary/aromatic N) is 2. The number of aryl methyl sites for hydroxylation is 1. The molecule has 3 aromatic carbocycles. The second-order valence-corrected chi connectivity index (χ2v) is 9.93. The van der Waals surface area contributed by atoms with E-state index in [9.17, 15) is 18.0 Å². The molecule has 1 heterocycles. The summed E-state index contributed by atoms with van der Waals surface area (Å²) in [4.78, 5) is 24.1. The summed E-state index contributed by atoms with van der Waals surface area (Å²) in [6, 6.07) is 19.5. The lowest BCUT2D eigenvalue weighted by molar-refractivity contribution is -0.116. The molecule has 1 aromatic heterocycles. The van der Waals surface area contributed by atoms with E-state index in [4.69, 9.17) is 0 Å². The van der Waals surface area contributed by atoms with Gasteiger partial charge in [0, 0.05) is 46.6 Å². The fraction of sp³-hybridized carbons (Fsp3) is 0.200. The normalized spacial score (nSPS) is 11.9. The van der Waals surface area contributed by atoms with Crippen molar-refractivity contribution in [3.05, 3.63) is 72.3 Å². The highest BCUT2D eigenvalue weighted by Gasteiger charge is 2.23. The maximum absolute atomic E-state index is 12.8. The average molecular weight is 464 g/mol. The Hall–Kier alpha value is -3.49. The van der Waals surface area contributed by atoms with Gasteiger partial charge in [-0.25, -0.2) is 8.42 Å². The third-order valence-electron chi connectivity index (χ3n) is 5.71. The van der Waals surface area contributed by atoms with Crippen LogP contribution < -0.4 is 5.32 Å². The maximum Gasteiger partial charge on any atom is 0.243 e. The van der Waals surface area contributed by atoms with Crippen LogP contribution in [-0.2, 0) is 21.4 Å². The van der Waals surface area contributed by atoms with Crippen molar-refractivity contribution in [3.8, 4) is 0 Å². The Kier molecular flexibility index (Phi) is 6.05. The summed E-state index contributed by atoms with van der Waals surface area (Å²) >= 11 is 0. The number of carbonyl (C=O) groups excluding carboxylic acids is 2. The standard InChI is InChI=1S/C25H25N3O4S/c1-4-28-23-8-6-5-7-21(23)22-15-19(11-14-24(22)28)26-25(30)16-27(3)33(31,32)20-12-9-18(10-13-20)17(2)29/h5-15H,4,16H2,1-3H3,(H,26,30). The number of carbonyl (C=O) groups is 2. The van der Waals surface area contributed by atoms with Gasteiger partial charge in [0.15, 0.2) is 5.78 Å². The minimum absolute atomic E-state index is 0.0246. The summed E-state index contributed by atoms with van der Waals surface area (Å²) in [7, 11) is -2.52. The molecule has 7 nitrogen and oxygen atoms in total. The lowest BCUT2D eigenvalue weighted by Crippen LogP contribution is -2.35. The number of amides is 1. The van der Waals surface area contributed by atoms with Crippen molar-refractivity contribution in [2.45, 2.75) is 25.3 Å². The van der Waals surface area contributed by atoms with E-state index in [1.54, 1.807) is 0 Å². The summed E-state index contributed by atoms with van der Waals surface area (Å²) < 4.78 is 28.8. The molecule has 33 heavy (non-hydrogen) atoms. The third-order valence-corrected chi connectivity index (χ3v) is 7.53. The Balaban J connectivity index is 1.53. The van der Waals surface area contributed by atoms with E-state index in [1.165, 1.54) is 38.2 Å². The molecule has 0 aliphatic carbocycles. The number of hydrogen-bond acceptors (Lipinski definition) is 4. The van der Waals surface area contributed by atoms with Crippen LogP contribution in [0.5, 0.6) is 0 Å². The van der Waals surface area contributed by atoms with Crippen molar-refractivity contribution in [1.82, 2.24) is 8.87 Å². The van der Waals surface area contributed by atoms with Gasteiger partial charge in [-0.2, -0.15) is 4.31 Å². The Morgan fingerprint density at radius 2 is 1.61 bits per heavy atom. The van der Waals surface area contributed by atoms with Gasteiger partial charge in [0.1, 0.15) is 0 Å². The Morgan fingerprint density at radius 1 is 0.939 bits per heavy atom. The van der Waals surface area contributed by atoms with Gasteiger partial charge in [-0.05, 0) is 50.2 Å². The zero-order valence-corrected chi connectivity index (χ0v) is 19.5. The van der Waals surface area contributed by atoms with Gasteiger partial charge in [0.2, 0.25) is 15.9 Å². The number of sulfonamides is 1. The summed E-state index contributed by atoms with van der Waals surface area (Å²) in [6.07, 6.45) is 0. The third kappa shape index (κ3) is 4.27. The molecule has 4 rings (SSSR count). The summed E-state index contributed by atoms with van der Waals surface area (Å²) in [5, 5.41) is 4.93. The fourth-order valence-corrected chi connectivity index (χ4v) is 5.13. The number of fused-ring (bicyclic) bond motifs is 3. The fourth-order valence-electron chi connectivity index (χ4n) is 4.00. The molecule has 0 spiro atoms. The van der Waals surface area contributed by atoms with Gasteiger partial charge in [-0.15, -0.1) is 0 Å². The molecule has 0 unspecified atom stereocenters. The average Bonchev–Trinajstić information content (AvgIpc) is 3.12. The molecular weight excluding hydrogens is 438 g/mol. The number of hydrogen-bond donors (Lipinski definition) is 1. The number of para-hydroxylation sites is 1. The smallest absolute Gasteiger partial charge is 0.243 e. The quantitative estimate of drug-likeness (QED) is 0.415. The maximum atomic E-state index is 12.8. The van der Waals surface area contributed by atoms with Crippen LogP contribution in [0.25, 0.3) is 21.8 Å². The molecule has 0 aliphatic heterocycles. The molecule has 170 valence electrons. The second kappa shape index (κ2) is 8.80. The monoisotopic (exact) mass is 463 g/mol. The van der Waals surface area contributed by atoms with E-state index in [1.807, 2.05) is 36.4 Å². The van der Waals surface area contributed by atoms with Crippen LogP contribution in [0.15, 0.2) is 71.6 Å². The number of Topliss-reactive ketones (excluding diaryl/α,β-unsaturated/α-hetero) is 1. The molecule has 0 aliphatic rings. The highest BCUT2D eigenvalue weighted by atomic mass is 32.2. The summed E-state index contributed by atoms with van der Waals surface area (Å²) in [6.45, 7) is 3.99. The largest absolute Gasteiger partial charge is 0.341 e. The highest BCUT2D eigenvalue weighted by Crippen LogP contribution is 2.31. The van der Waals surface area contributed by atoms with Crippen molar-refractivity contribution in [1.29, 1.82) is 0 Å². The molecule has 1 amide bonds. The van der Waals surface area contributed by atoms with Gasteiger partial charge in [0.25, 0.3) is 0 Å². The van der Waals surface area contributed by atoms with Crippen LogP contribution in [0.2, 0.25) is 0 Å². The van der Waals surface area contributed by atoms with Crippen molar-refractivity contribution >= 4 is 49.2 Å². The van der Waals surface area contributed by atoms with E-state index < -0.39 is 15.9 Å². The molecular formula is C25H25N3O4S. The lowest BCUT2D eigenvalue weighted by Gasteiger charge is -2.17. The molecule has 0 saturated heterocycles. The second-order valence-electron chi connectivity index (χ2n) is 7.88. The first-order valence-electron chi connectivity index (χ1n) is 10.6. The van der Waals surface area contributed by atoms with Gasteiger partial charge in [-0.3, -0.25) is 9.59 Å². The number of ketones is 1. The number of rotatable bonds is 7. The highest BCUT2D eigenvalue weighted by molar-refractivity contribution is 7.89. The summed E-state index contributed by atoms with van der Waals surface area (Å²) in [5.41, 5.74) is 3.22. The molecule has 8 heteroatoms. The Morgan fingerprint density at radius 3 is 2.27 bits per heavy atom. The van der Waals surface area contributed by atoms with E-state index >= 15 is 0 Å². The first kappa shape index (κ1) is 22.7. The minimum atomic E-state index is -3.87. The zero-order valence-electron chi connectivity index (χ0n) is 18.7. The van der Waals surface area contributed by atoms with Crippen LogP contribution in [0.3, 0.4) is 0 Å². The molecule has 0 atom stereocenters. The van der Waals surface area contributed by atoms with Crippen LogP contribution in [-0.4, -0.2) is 42.6 Å². The number of anilines is 1. The van der Waals surface area contributed by atoms with Crippen molar-refractivity contribution < 1.29 is 18.0 Å². The SMILES string of the molecule is CCn1c2ccccc2c2cc(NC(=O)CN(C)S(=O)(=O)c3ccc(C(C)=O)cc3)ccc21. The molecule has 0 fully saturated rings. The molecule has 0 bridgehead atoms. The lowest BCUT2D eigenvalue weighted by atomic mass is 10.1. The van der Waals surface area contributed by atoms with Gasteiger partial charge >= 0.3 is 0 Å². The zero-order chi connectivity index (χ0) is 23.8. The Labute approximate surface area is 192 Å². The van der Waals surface area contributed by atoms with E-state index in [0.29, 0.717) is 11.3 Å². The number of benzene rings is 3. The number of nitrogens with one attached hydrogen (secondary N) is 1. The first-order valence-corrected chi connectivity index (χ1v) is 12.0. The number of aromatic nitrogens is 1. The van der Waals surface area contributed by atoms with Gasteiger partial charge in [-0.1, -0.05) is 30.3 Å². The topological polar surface area (TPSA) is 88.5 Å². The molecule has 0 saturated carbocycles. The van der Waals surface area contributed by atoms with Gasteiger partial charge in [0.05, 0.1) is 11.4 Å². The van der Waals surface area contributed by atoms with Crippen molar-refractivity contribution in [2.75, 3.05) is 18.9 Å². The molecule has 1 N–H and O–H groups in total. The van der Waals surface area contributed by atoms with E-state index in [2.05, 4.69) is 22.9 Å². The molecule has 0 radical (unpaired) electrons. The van der Waals surface area contributed by atoms with Crippen LogP contribution in [0, 0.1) is 0 Å². The minimum Gasteiger partial charge on any atom is -0.341 e. The molecule has 4 aromatic rings. The van der Waals surface area contributed by atoms with Crippen molar-refractivity contribution in [3.63, 3.8) is 0 Å². The van der Waals surface area contributed by atoms with E-state index in [-0.39, 0.29) is 17.2 Å². The first-order chi connectivity index (χ1) is 15.7. The van der Waals surface area contributed by atoms with Crippen LogP contribution >= 0.6 is 0 Å². The Bertz CT molecular complexity index is 1470. The predicted octanol–water partition coefficient (Wildman–Crippen LogP) is 4.28.